The van der Waals surface area contributed by atoms with E-state index in [0.717, 1.165) is 23.4 Å². The molecule has 0 saturated heterocycles. The van der Waals surface area contributed by atoms with Crippen LogP contribution in [0.1, 0.15) is 32.1 Å². The molecule has 0 aliphatic carbocycles. The van der Waals surface area contributed by atoms with Crippen molar-refractivity contribution >= 4 is 23.0 Å². The van der Waals surface area contributed by atoms with E-state index in [4.69, 9.17) is 4.74 Å². The van der Waals surface area contributed by atoms with Gasteiger partial charge >= 0.3 is 6.09 Å². The van der Waals surface area contributed by atoms with E-state index >= 15 is 0 Å². The number of thiazole rings is 1. The molecule has 0 bridgehead atoms. The molecule has 4 nitrogen and oxygen atoms in total. The molecule has 0 radical (unpaired) electrons. The largest absolute Gasteiger partial charge is 0.444 e. The fourth-order valence-electron chi connectivity index (χ4n) is 1.78. The number of hydrogen-bond acceptors (Lipinski definition) is 4. The van der Waals surface area contributed by atoms with Crippen LogP contribution in [0.3, 0.4) is 0 Å². The van der Waals surface area contributed by atoms with Crippen molar-refractivity contribution in [1.29, 1.82) is 0 Å². The van der Waals surface area contributed by atoms with Crippen molar-refractivity contribution in [3.05, 3.63) is 22.7 Å². The van der Waals surface area contributed by atoms with Crippen molar-refractivity contribution < 1.29 is 9.53 Å². The first kappa shape index (κ1) is 13.1. The van der Waals surface area contributed by atoms with Gasteiger partial charge in [-0.3, -0.25) is 4.98 Å². The monoisotopic (exact) mass is 266 g/mol. The third-order valence-corrected chi connectivity index (χ3v) is 3.40. The number of rotatable bonds is 1. The fraction of sp³-hybridized carbons (Fsp3) is 0.538. The molecule has 1 amide bonds. The Morgan fingerprint density at radius 2 is 2.28 bits per heavy atom. The van der Waals surface area contributed by atoms with Crippen molar-refractivity contribution in [2.75, 3.05) is 13.1 Å². The smallest absolute Gasteiger partial charge is 0.410 e. The summed E-state index contributed by atoms with van der Waals surface area (Å²) in [5.41, 5.74) is 2.53. The molecule has 0 N–H and O–H groups in total. The van der Waals surface area contributed by atoms with Crippen molar-refractivity contribution in [3.8, 4) is 0 Å². The van der Waals surface area contributed by atoms with Gasteiger partial charge in [0.25, 0.3) is 0 Å². The maximum Gasteiger partial charge on any atom is 0.410 e. The molecule has 0 unspecified atom stereocenters. The van der Waals surface area contributed by atoms with Crippen LogP contribution in [0.5, 0.6) is 0 Å². The lowest BCUT2D eigenvalue weighted by atomic mass is 10.1. The van der Waals surface area contributed by atoms with Crippen LogP contribution in [0.15, 0.2) is 17.8 Å². The molecule has 1 aromatic heterocycles. The Morgan fingerprint density at radius 3 is 2.89 bits per heavy atom. The zero-order valence-electron chi connectivity index (χ0n) is 11.0. The number of nitrogens with zero attached hydrogens (tertiary/aromatic N) is 2. The molecule has 18 heavy (non-hydrogen) atoms. The number of hydrogen-bond donors (Lipinski definition) is 0. The second kappa shape index (κ2) is 5.10. The van der Waals surface area contributed by atoms with Gasteiger partial charge in [-0.2, -0.15) is 0 Å². The first-order valence-electron chi connectivity index (χ1n) is 6.01. The van der Waals surface area contributed by atoms with Crippen LogP contribution < -0.4 is 0 Å². The number of aromatic nitrogens is 1. The highest BCUT2D eigenvalue weighted by molar-refractivity contribution is 7.10. The molecular formula is C13H18N2O2S. The molecule has 5 heteroatoms. The fourth-order valence-corrected chi connectivity index (χ4v) is 2.44. The third-order valence-electron chi connectivity index (χ3n) is 2.55. The summed E-state index contributed by atoms with van der Waals surface area (Å²) in [6.07, 6.45) is 4.65. The predicted octanol–water partition coefficient (Wildman–Crippen LogP) is 3.17. The second-order valence-corrected chi connectivity index (χ2v) is 6.17. The topological polar surface area (TPSA) is 42.4 Å². The summed E-state index contributed by atoms with van der Waals surface area (Å²) >= 11 is 1.60. The van der Waals surface area contributed by atoms with Gasteiger partial charge in [0, 0.05) is 12.7 Å². The van der Waals surface area contributed by atoms with E-state index in [-0.39, 0.29) is 6.09 Å². The minimum atomic E-state index is -0.442. The van der Waals surface area contributed by atoms with Crippen LogP contribution in [0, 0.1) is 0 Å². The highest BCUT2D eigenvalue weighted by Crippen LogP contribution is 2.24. The number of carbonyl (C=O) groups excluding carboxylic acids is 1. The van der Waals surface area contributed by atoms with Crippen LogP contribution in [0.4, 0.5) is 4.79 Å². The first-order chi connectivity index (χ1) is 8.46. The van der Waals surface area contributed by atoms with Gasteiger partial charge in [-0.05, 0) is 32.8 Å². The Kier molecular flexibility index (Phi) is 3.71. The quantitative estimate of drug-likeness (QED) is 0.784. The molecule has 1 aromatic rings. The Bertz CT molecular complexity index is 446. The highest BCUT2D eigenvalue weighted by atomic mass is 32.1. The Hall–Kier alpha value is -1.36. The lowest BCUT2D eigenvalue weighted by molar-refractivity contribution is 0.0273. The number of amides is 1. The molecule has 1 aliphatic rings. The van der Waals surface area contributed by atoms with E-state index < -0.39 is 5.60 Å². The van der Waals surface area contributed by atoms with E-state index in [1.54, 1.807) is 16.2 Å². The van der Waals surface area contributed by atoms with Gasteiger partial charge in [-0.25, -0.2) is 4.79 Å². The van der Waals surface area contributed by atoms with Crippen LogP contribution in [-0.4, -0.2) is 34.7 Å². The SMILES string of the molecule is CC(C)(C)OC(=O)N1CCC=C(c2cncs2)C1. The average Bonchev–Trinajstić information content (AvgIpc) is 2.80. The predicted molar refractivity (Wildman–Crippen MR) is 72.5 cm³/mol. The van der Waals surface area contributed by atoms with Gasteiger partial charge in [0.15, 0.2) is 0 Å². The molecule has 0 spiro atoms. The minimum absolute atomic E-state index is 0.238. The van der Waals surface area contributed by atoms with Crippen LogP contribution >= 0.6 is 11.3 Å². The van der Waals surface area contributed by atoms with Crippen molar-refractivity contribution in [2.45, 2.75) is 32.8 Å². The van der Waals surface area contributed by atoms with E-state index in [0.29, 0.717) is 6.54 Å². The molecule has 2 heterocycles. The lowest BCUT2D eigenvalue weighted by Crippen LogP contribution is -2.39. The van der Waals surface area contributed by atoms with E-state index in [2.05, 4.69) is 11.1 Å². The van der Waals surface area contributed by atoms with Gasteiger partial charge < -0.3 is 9.64 Å². The molecule has 0 fully saturated rings. The summed E-state index contributed by atoms with van der Waals surface area (Å²) < 4.78 is 5.39. The summed E-state index contributed by atoms with van der Waals surface area (Å²) in [5, 5.41) is 0. The maximum absolute atomic E-state index is 12.0. The lowest BCUT2D eigenvalue weighted by Gasteiger charge is -2.30. The summed E-state index contributed by atoms with van der Waals surface area (Å²) in [7, 11) is 0. The second-order valence-electron chi connectivity index (χ2n) is 5.29. The Balaban J connectivity index is 2.02. The minimum Gasteiger partial charge on any atom is -0.444 e. The Labute approximate surface area is 111 Å². The van der Waals surface area contributed by atoms with Crippen LogP contribution in [0.2, 0.25) is 0 Å². The van der Waals surface area contributed by atoms with E-state index in [9.17, 15) is 4.79 Å². The van der Waals surface area contributed by atoms with Gasteiger partial charge in [0.2, 0.25) is 0 Å². The van der Waals surface area contributed by atoms with Gasteiger partial charge in [0.05, 0.1) is 16.9 Å². The van der Waals surface area contributed by atoms with Crippen molar-refractivity contribution in [1.82, 2.24) is 9.88 Å². The molecule has 0 saturated carbocycles. The molecule has 0 aromatic carbocycles. The highest BCUT2D eigenvalue weighted by Gasteiger charge is 2.24. The summed E-state index contributed by atoms with van der Waals surface area (Å²) in [6.45, 7) is 6.98. The van der Waals surface area contributed by atoms with Crippen LogP contribution in [-0.2, 0) is 4.74 Å². The summed E-state index contributed by atoms with van der Waals surface area (Å²) in [4.78, 5) is 18.9. The normalized spacial score (nSPS) is 16.4. The van der Waals surface area contributed by atoms with Crippen molar-refractivity contribution in [3.63, 3.8) is 0 Å². The van der Waals surface area contributed by atoms with Crippen molar-refractivity contribution in [2.24, 2.45) is 0 Å². The zero-order chi connectivity index (χ0) is 13.2. The Morgan fingerprint density at radius 1 is 1.50 bits per heavy atom. The summed E-state index contributed by atoms with van der Waals surface area (Å²) in [5.74, 6) is 0. The van der Waals surface area contributed by atoms with E-state index in [1.165, 1.54) is 0 Å². The molecule has 98 valence electrons. The summed E-state index contributed by atoms with van der Waals surface area (Å²) in [6, 6.07) is 0. The van der Waals surface area contributed by atoms with Gasteiger partial charge in [0.1, 0.15) is 5.60 Å². The molecule has 1 aliphatic heterocycles. The first-order valence-corrected chi connectivity index (χ1v) is 6.89. The van der Waals surface area contributed by atoms with Crippen LogP contribution in [0.25, 0.3) is 5.57 Å². The molecule has 2 rings (SSSR count). The average molecular weight is 266 g/mol. The van der Waals surface area contributed by atoms with Gasteiger partial charge in [-0.15, -0.1) is 11.3 Å². The third kappa shape index (κ3) is 3.32. The number of ether oxygens (including phenoxy) is 1. The molecule has 0 atom stereocenters. The number of carbonyl (C=O) groups is 1. The zero-order valence-corrected chi connectivity index (χ0v) is 11.8. The van der Waals surface area contributed by atoms with Gasteiger partial charge in [-0.1, -0.05) is 6.08 Å². The standard InChI is InChI=1S/C13H18N2O2S/c1-13(2,3)17-12(16)15-6-4-5-10(8-15)11-7-14-9-18-11/h5,7,9H,4,6,8H2,1-3H3. The van der Waals surface area contributed by atoms with E-state index in [1.807, 2.05) is 32.5 Å². The maximum atomic E-state index is 12.0. The molecular weight excluding hydrogens is 248 g/mol.